The van der Waals surface area contributed by atoms with E-state index in [1.165, 1.54) is 6.42 Å². The zero-order chi connectivity index (χ0) is 10.4. The van der Waals surface area contributed by atoms with Gasteiger partial charge in [0.05, 0.1) is 6.54 Å². The van der Waals surface area contributed by atoms with Crippen LogP contribution in [0.1, 0.15) is 19.3 Å². The molecule has 0 aromatic carbocycles. The van der Waals surface area contributed by atoms with Crippen molar-refractivity contribution in [2.24, 2.45) is 5.92 Å². The standard InChI is InChI=1S/C9H17F3N2/c10-9(11,12)7-14-4-1-2-8-3-5-13-6-8/h8,13-14H,1-7H2. The molecule has 1 atom stereocenters. The number of halogens is 3. The zero-order valence-electron chi connectivity index (χ0n) is 8.16. The summed E-state index contributed by atoms with van der Waals surface area (Å²) in [5.41, 5.74) is 0. The molecule has 1 fully saturated rings. The Hall–Kier alpha value is -0.290. The highest BCUT2D eigenvalue weighted by Gasteiger charge is 2.25. The van der Waals surface area contributed by atoms with Crippen LogP contribution in [0, 0.1) is 5.92 Å². The molecule has 2 N–H and O–H groups in total. The fourth-order valence-corrected chi connectivity index (χ4v) is 1.71. The van der Waals surface area contributed by atoms with Crippen molar-refractivity contribution in [3.63, 3.8) is 0 Å². The third-order valence-electron chi connectivity index (χ3n) is 2.45. The molecule has 1 aliphatic heterocycles. The monoisotopic (exact) mass is 210 g/mol. The molecule has 0 bridgehead atoms. The molecule has 1 aliphatic rings. The average Bonchev–Trinajstić information content (AvgIpc) is 2.54. The molecule has 1 saturated heterocycles. The summed E-state index contributed by atoms with van der Waals surface area (Å²) in [6.45, 7) is 1.69. The van der Waals surface area contributed by atoms with E-state index in [0.29, 0.717) is 12.5 Å². The molecule has 0 radical (unpaired) electrons. The fraction of sp³-hybridized carbons (Fsp3) is 1.00. The minimum Gasteiger partial charge on any atom is -0.316 e. The smallest absolute Gasteiger partial charge is 0.316 e. The second-order valence-corrected chi connectivity index (χ2v) is 3.79. The van der Waals surface area contributed by atoms with Crippen LogP contribution in [-0.4, -0.2) is 32.4 Å². The molecule has 1 rings (SSSR count). The van der Waals surface area contributed by atoms with Gasteiger partial charge in [-0.1, -0.05) is 0 Å². The van der Waals surface area contributed by atoms with Gasteiger partial charge in [0.25, 0.3) is 0 Å². The van der Waals surface area contributed by atoms with Crippen LogP contribution in [0.4, 0.5) is 13.2 Å². The van der Waals surface area contributed by atoms with Gasteiger partial charge in [0.1, 0.15) is 0 Å². The molecule has 14 heavy (non-hydrogen) atoms. The van der Waals surface area contributed by atoms with Gasteiger partial charge in [-0.25, -0.2) is 0 Å². The minimum atomic E-state index is -4.07. The van der Waals surface area contributed by atoms with E-state index in [1.807, 2.05) is 0 Å². The minimum absolute atomic E-state index is 0.468. The Morgan fingerprint density at radius 3 is 2.71 bits per heavy atom. The van der Waals surface area contributed by atoms with Gasteiger partial charge in [0.15, 0.2) is 0 Å². The SMILES string of the molecule is FC(F)(F)CNCCCC1CCNC1. The predicted octanol–water partition coefficient (Wildman–Crippen LogP) is 1.53. The first kappa shape index (κ1) is 11.8. The van der Waals surface area contributed by atoms with Gasteiger partial charge in [0.2, 0.25) is 0 Å². The lowest BCUT2D eigenvalue weighted by molar-refractivity contribution is -0.124. The Bertz CT molecular complexity index is 153. The van der Waals surface area contributed by atoms with Crippen LogP contribution < -0.4 is 10.6 Å². The first-order valence-electron chi connectivity index (χ1n) is 5.06. The maximum absolute atomic E-state index is 11.7. The van der Waals surface area contributed by atoms with Crippen LogP contribution in [-0.2, 0) is 0 Å². The van der Waals surface area contributed by atoms with Crippen molar-refractivity contribution in [2.75, 3.05) is 26.2 Å². The van der Waals surface area contributed by atoms with Gasteiger partial charge in [-0.2, -0.15) is 13.2 Å². The highest BCUT2D eigenvalue weighted by atomic mass is 19.4. The number of hydrogen-bond donors (Lipinski definition) is 2. The summed E-state index contributed by atoms with van der Waals surface area (Å²) in [4.78, 5) is 0. The van der Waals surface area contributed by atoms with Crippen molar-refractivity contribution in [3.05, 3.63) is 0 Å². The number of hydrogen-bond acceptors (Lipinski definition) is 2. The highest BCUT2D eigenvalue weighted by molar-refractivity contribution is 4.71. The van der Waals surface area contributed by atoms with Crippen LogP contribution in [0.25, 0.3) is 0 Å². The summed E-state index contributed by atoms with van der Waals surface area (Å²) < 4.78 is 35.1. The summed E-state index contributed by atoms with van der Waals surface area (Å²) in [6, 6.07) is 0. The van der Waals surface area contributed by atoms with E-state index < -0.39 is 12.7 Å². The summed E-state index contributed by atoms with van der Waals surface area (Å²) in [7, 11) is 0. The Balaban J connectivity index is 1.89. The Labute approximate surface area is 82.2 Å². The van der Waals surface area contributed by atoms with Gasteiger partial charge < -0.3 is 10.6 Å². The molecule has 0 spiro atoms. The molecular weight excluding hydrogens is 193 g/mol. The molecule has 0 aromatic heterocycles. The molecule has 84 valence electrons. The third-order valence-corrected chi connectivity index (χ3v) is 2.45. The van der Waals surface area contributed by atoms with E-state index in [1.54, 1.807) is 0 Å². The molecule has 0 saturated carbocycles. The van der Waals surface area contributed by atoms with Gasteiger partial charge in [-0.3, -0.25) is 0 Å². The number of rotatable bonds is 5. The van der Waals surface area contributed by atoms with Crippen molar-refractivity contribution in [1.82, 2.24) is 10.6 Å². The van der Waals surface area contributed by atoms with Crippen LogP contribution in [0.15, 0.2) is 0 Å². The second kappa shape index (κ2) is 5.56. The average molecular weight is 210 g/mol. The lowest BCUT2D eigenvalue weighted by atomic mass is 10.0. The van der Waals surface area contributed by atoms with Gasteiger partial charge in [-0.05, 0) is 44.8 Å². The normalized spacial score (nSPS) is 22.9. The molecule has 1 heterocycles. The topological polar surface area (TPSA) is 24.1 Å². The zero-order valence-corrected chi connectivity index (χ0v) is 8.16. The number of nitrogens with one attached hydrogen (secondary N) is 2. The Kier molecular flexibility index (Phi) is 4.68. The molecule has 2 nitrogen and oxygen atoms in total. The van der Waals surface area contributed by atoms with Crippen LogP contribution in [0.5, 0.6) is 0 Å². The Morgan fingerprint density at radius 2 is 2.14 bits per heavy atom. The molecule has 0 amide bonds. The van der Waals surface area contributed by atoms with Crippen molar-refractivity contribution >= 4 is 0 Å². The van der Waals surface area contributed by atoms with Crippen molar-refractivity contribution in [1.29, 1.82) is 0 Å². The van der Waals surface area contributed by atoms with Crippen molar-refractivity contribution < 1.29 is 13.2 Å². The second-order valence-electron chi connectivity index (χ2n) is 3.79. The third kappa shape index (κ3) is 5.44. The molecule has 1 unspecified atom stereocenters. The number of alkyl halides is 3. The van der Waals surface area contributed by atoms with E-state index in [9.17, 15) is 13.2 Å². The lowest BCUT2D eigenvalue weighted by Crippen LogP contribution is -2.29. The molecule has 0 aromatic rings. The van der Waals surface area contributed by atoms with E-state index in [4.69, 9.17) is 0 Å². The summed E-state index contributed by atoms with van der Waals surface area (Å²) in [6.07, 6.45) is -1.05. The van der Waals surface area contributed by atoms with Gasteiger partial charge in [-0.15, -0.1) is 0 Å². The van der Waals surface area contributed by atoms with Gasteiger partial charge >= 0.3 is 6.18 Å². The quantitative estimate of drug-likeness (QED) is 0.672. The summed E-state index contributed by atoms with van der Waals surface area (Å²) in [5, 5.41) is 5.64. The molecule has 5 heteroatoms. The predicted molar refractivity (Wildman–Crippen MR) is 49.1 cm³/mol. The lowest BCUT2D eigenvalue weighted by Gasteiger charge is -2.10. The highest BCUT2D eigenvalue weighted by Crippen LogP contribution is 2.14. The maximum atomic E-state index is 11.7. The van der Waals surface area contributed by atoms with E-state index >= 15 is 0 Å². The summed E-state index contributed by atoms with van der Waals surface area (Å²) in [5.74, 6) is 0.669. The van der Waals surface area contributed by atoms with Gasteiger partial charge in [0, 0.05) is 0 Å². The van der Waals surface area contributed by atoms with E-state index in [-0.39, 0.29) is 0 Å². The fourth-order valence-electron chi connectivity index (χ4n) is 1.71. The first-order chi connectivity index (χ1) is 6.58. The van der Waals surface area contributed by atoms with Crippen molar-refractivity contribution in [2.45, 2.75) is 25.4 Å². The molecular formula is C9H17F3N2. The first-order valence-corrected chi connectivity index (χ1v) is 5.06. The summed E-state index contributed by atoms with van der Waals surface area (Å²) >= 11 is 0. The van der Waals surface area contributed by atoms with Crippen LogP contribution in [0.2, 0.25) is 0 Å². The maximum Gasteiger partial charge on any atom is 0.401 e. The van der Waals surface area contributed by atoms with E-state index in [0.717, 1.165) is 25.9 Å². The van der Waals surface area contributed by atoms with Crippen molar-refractivity contribution in [3.8, 4) is 0 Å². The largest absolute Gasteiger partial charge is 0.401 e. The van der Waals surface area contributed by atoms with Crippen LogP contribution >= 0.6 is 0 Å². The van der Waals surface area contributed by atoms with E-state index in [2.05, 4.69) is 10.6 Å². The molecule has 0 aliphatic carbocycles. The van der Waals surface area contributed by atoms with Crippen LogP contribution in [0.3, 0.4) is 0 Å². The Morgan fingerprint density at radius 1 is 1.36 bits per heavy atom.